The Morgan fingerprint density at radius 1 is 1.50 bits per heavy atom. The van der Waals surface area contributed by atoms with Gasteiger partial charge in [0.2, 0.25) is 0 Å². The lowest BCUT2D eigenvalue weighted by molar-refractivity contribution is 1.01. The van der Waals surface area contributed by atoms with Crippen LogP contribution >= 0.6 is 11.8 Å². The summed E-state index contributed by atoms with van der Waals surface area (Å²) >= 11 is 1.61. The largest absolute Gasteiger partial charge is 0.369 e. The second-order valence-electron chi connectivity index (χ2n) is 2.55. The summed E-state index contributed by atoms with van der Waals surface area (Å²) in [4.78, 5) is 8.19. The fourth-order valence-corrected chi connectivity index (χ4v) is 1.31. The van der Waals surface area contributed by atoms with Gasteiger partial charge in [-0.3, -0.25) is 0 Å². The number of nitrogens with one attached hydrogen (secondary N) is 1. The van der Waals surface area contributed by atoms with Crippen LogP contribution in [-0.4, -0.2) is 22.8 Å². The van der Waals surface area contributed by atoms with Crippen molar-refractivity contribution in [2.75, 3.05) is 18.1 Å². The van der Waals surface area contributed by atoms with Crippen molar-refractivity contribution in [3.63, 3.8) is 0 Å². The molecule has 0 bridgehead atoms. The lowest BCUT2D eigenvalue weighted by Gasteiger charge is -2.03. The third-order valence-electron chi connectivity index (χ3n) is 1.58. The van der Waals surface area contributed by atoms with E-state index < -0.39 is 0 Å². The van der Waals surface area contributed by atoms with Crippen LogP contribution in [0.2, 0.25) is 0 Å². The van der Waals surface area contributed by atoms with E-state index in [0.29, 0.717) is 0 Å². The van der Waals surface area contributed by atoms with Gasteiger partial charge in [-0.1, -0.05) is 0 Å². The lowest BCUT2D eigenvalue weighted by Crippen LogP contribution is -2.02. The van der Waals surface area contributed by atoms with Crippen molar-refractivity contribution in [3.05, 3.63) is 12.4 Å². The molecule has 4 heteroatoms. The van der Waals surface area contributed by atoms with E-state index in [0.717, 1.165) is 23.8 Å². The van der Waals surface area contributed by atoms with E-state index in [1.54, 1.807) is 18.1 Å². The molecule has 1 heterocycles. The molecule has 3 nitrogen and oxygen atoms in total. The van der Waals surface area contributed by atoms with Crippen LogP contribution in [0.4, 0.5) is 5.82 Å². The topological polar surface area (TPSA) is 37.8 Å². The maximum Gasteiger partial charge on any atom is 0.130 e. The molecule has 0 aliphatic carbocycles. The van der Waals surface area contributed by atoms with Gasteiger partial charge in [0.05, 0.1) is 0 Å². The molecule has 0 unspecified atom stereocenters. The van der Waals surface area contributed by atoms with E-state index in [1.807, 2.05) is 19.2 Å². The van der Waals surface area contributed by atoms with Crippen LogP contribution < -0.4 is 5.32 Å². The fourth-order valence-electron chi connectivity index (χ4n) is 0.926. The molecule has 14 heavy (non-hydrogen) atoms. The standard InChI is InChI=1S/C10H13N3S/c1-3-4-5-6-11-9-7-10(14-2)13-8-12-9/h7-8H,5-6H2,1-2H3,(H,11,12,13). The van der Waals surface area contributed by atoms with Crippen molar-refractivity contribution in [2.24, 2.45) is 0 Å². The molecule has 0 aliphatic rings. The molecule has 1 rings (SSSR count). The number of nitrogens with zero attached hydrogens (tertiary/aromatic N) is 2. The summed E-state index contributed by atoms with van der Waals surface area (Å²) in [6.07, 6.45) is 4.41. The van der Waals surface area contributed by atoms with Crippen molar-refractivity contribution in [1.29, 1.82) is 0 Å². The average molecular weight is 207 g/mol. The summed E-state index contributed by atoms with van der Waals surface area (Å²) in [5.74, 6) is 6.70. The monoisotopic (exact) mass is 207 g/mol. The van der Waals surface area contributed by atoms with E-state index in [4.69, 9.17) is 0 Å². The van der Waals surface area contributed by atoms with Gasteiger partial charge < -0.3 is 5.32 Å². The second-order valence-corrected chi connectivity index (χ2v) is 3.38. The highest BCUT2D eigenvalue weighted by molar-refractivity contribution is 7.98. The summed E-state index contributed by atoms with van der Waals surface area (Å²) in [6.45, 7) is 2.67. The zero-order valence-electron chi connectivity index (χ0n) is 8.37. The molecule has 1 N–H and O–H groups in total. The Morgan fingerprint density at radius 2 is 2.36 bits per heavy atom. The van der Waals surface area contributed by atoms with Crippen molar-refractivity contribution < 1.29 is 0 Å². The third-order valence-corrected chi connectivity index (χ3v) is 2.23. The molecule has 74 valence electrons. The Balaban J connectivity index is 2.44. The van der Waals surface area contributed by atoms with Crippen LogP contribution in [0.1, 0.15) is 13.3 Å². The summed E-state index contributed by atoms with van der Waals surface area (Å²) < 4.78 is 0. The minimum Gasteiger partial charge on any atom is -0.369 e. The number of rotatable bonds is 4. The van der Waals surface area contributed by atoms with Gasteiger partial charge in [-0.05, 0) is 13.2 Å². The zero-order valence-corrected chi connectivity index (χ0v) is 9.19. The Hall–Kier alpha value is -1.21. The number of thioether (sulfide) groups is 1. The van der Waals surface area contributed by atoms with Crippen molar-refractivity contribution >= 4 is 17.6 Å². The van der Waals surface area contributed by atoms with Gasteiger partial charge in [0.15, 0.2) is 0 Å². The Kier molecular flexibility index (Phi) is 4.87. The van der Waals surface area contributed by atoms with Crippen LogP contribution in [0, 0.1) is 11.8 Å². The molecular formula is C10H13N3S. The van der Waals surface area contributed by atoms with Crippen LogP contribution in [0.25, 0.3) is 0 Å². The van der Waals surface area contributed by atoms with Crippen LogP contribution in [0.5, 0.6) is 0 Å². The van der Waals surface area contributed by atoms with Crippen molar-refractivity contribution in [2.45, 2.75) is 18.4 Å². The minimum atomic E-state index is 0.825. The van der Waals surface area contributed by atoms with Gasteiger partial charge in [0.25, 0.3) is 0 Å². The van der Waals surface area contributed by atoms with Gasteiger partial charge in [0.1, 0.15) is 17.2 Å². The number of anilines is 1. The minimum absolute atomic E-state index is 0.825. The molecule has 0 amide bonds. The van der Waals surface area contributed by atoms with E-state index in [-0.39, 0.29) is 0 Å². The average Bonchev–Trinajstić information content (AvgIpc) is 2.25. The van der Waals surface area contributed by atoms with Crippen LogP contribution in [-0.2, 0) is 0 Å². The smallest absolute Gasteiger partial charge is 0.130 e. The molecule has 0 aromatic carbocycles. The first-order valence-corrected chi connectivity index (χ1v) is 5.59. The maximum absolute atomic E-state index is 4.10. The molecule has 0 fully saturated rings. The van der Waals surface area contributed by atoms with Crippen LogP contribution in [0.3, 0.4) is 0 Å². The summed E-state index contributed by atoms with van der Waals surface area (Å²) in [6, 6.07) is 1.93. The number of aromatic nitrogens is 2. The maximum atomic E-state index is 4.10. The fraction of sp³-hybridized carbons (Fsp3) is 0.400. The van der Waals surface area contributed by atoms with Gasteiger partial charge >= 0.3 is 0 Å². The summed E-state index contributed by atoms with van der Waals surface area (Å²) in [5, 5.41) is 4.16. The van der Waals surface area contributed by atoms with Gasteiger partial charge in [-0.25, -0.2) is 9.97 Å². The molecular weight excluding hydrogens is 194 g/mol. The summed E-state index contributed by atoms with van der Waals surface area (Å²) in [5.41, 5.74) is 0. The first kappa shape index (κ1) is 10.9. The Bertz CT molecular complexity index is 341. The van der Waals surface area contributed by atoms with E-state index in [9.17, 15) is 0 Å². The highest BCUT2D eigenvalue weighted by Crippen LogP contribution is 2.13. The number of hydrogen-bond acceptors (Lipinski definition) is 4. The van der Waals surface area contributed by atoms with E-state index in [2.05, 4.69) is 27.1 Å². The quantitative estimate of drug-likeness (QED) is 0.355. The predicted octanol–water partition coefficient (Wildman–Crippen LogP) is 2.02. The molecule has 0 spiro atoms. The first-order valence-electron chi connectivity index (χ1n) is 4.36. The van der Waals surface area contributed by atoms with Crippen LogP contribution in [0.15, 0.2) is 17.4 Å². The SMILES string of the molecule is CC#CCCNc1cc(SC)ncn1. The Labute approximate surface area is 88.7 Å². The van der Waals surface area contributed by atoms with Gasteiger partial charge in [-0.2, -0.15) is 0 Å². The normalized spacial score (nSPS) is 9.00. The number of hydrogen-bond donors (Lipinski definition) is 1. The predicted molar refractivity (Wildman–Crippen MR) is 60.4 cm³/mol. The van der Waals surface area contributed by atoms with Crippen molar-refractivity contribution in [1.82, 2.24) is 9.97 Å². The molecule has 0 saturated carbocycles. The zero-order chi connectivity index (χ0) is 10.2. The molecule has 0 atom stereocenters. The molecule has 1 aromatic rings. The molecule has 0 aliphatic heterocycles. The Morgan fingerprint density at radius 3 is 3.07 bits per heavy atom. The second kappa shape index (κ2) is 6.28. The third kappa shape index (κ3) is 3.67. The lowest BCUT2D eigenvalue weighted by atomic mass is 10.4. The van der Waals surface area contributed by atoms with E-state index in [1.165, 1.54) is 0 Å². The van der Waals surface area contributed by atoms with Gasteiger partial charge in [-0.15, -0.1) is 23.6 Å². The first-order chi connectivity index (χ1) is 6.86. The molecule has 1 aromatic heterocycles. The summed E-state index contributed by atoms with van der Waals surface area (Å²) in [7, 11) is 0. The highest BCUT2D eigenvalue weighted by atomic mass is 32.2. The highest BCUT2D eigenvalue weighted by Gasteiger charge is 1.95. The molecule has 0 radical (unpaired) electrons. The van der Waals surface area contributed by atoms with Crippen molar-refractivity contribution in [3.8, 4) is 11.8 Å². The van der Waals surface area contributed by atoms with E-state index >= 15 is 0 Å². The molecule has 0 saturated heterocycles. The van der Waals surface area contributed by atoms with Gasteiger partial charge in [0, 0.05) is 19.0 Å².